The Balaban J connectivity index is 1.95. The lowest BCUT2D eigenvalue weighted by Crippen LogP contribution is -2.33. The Kier molecular flexibility index (Phi) is 5.55. The van der Waals surface area contributed by atoms with Crippen molar-refractivity contribution in [3.05, 3.63) is 88.2 Å². The van der Waals surface area contributed by atoms with E-state index in [1.807, 2.05) is 0 Å². The summed E-state index contributed by atoms with van der Waals surface area (Å²) in [6, 6.07) is 14.0. The molecule has 0 saturated carbocycles. The number of rotatable bonds is 5. The van der Waals surface area contributed by atoms with Crippen LogP contribution in [0.5, 0.6) is 11.5 Å². The van der Waals surface area contributed by atoms with E-state index in [2.05, 4.69) is 4.98 Å². The predicted molar refractivity (Wildman–Crippen MR) is 112 cm³/mol. The molecule has 0 aliphatic carbocycles. The van der Waals surface area contributed by atoms with E-state index in [1.54, 1.807) is 36.4 Å². The first-order valence-corrected chi connectivity index (χ1v) is 9.35. The molecular formula is C23H16F2N2O5. The molecule has 0 fully saturated rings. The Morgan fingerprint density at radius 1 is 0.906 bits per heavy atom. The highest BCUT2D eigenvalue weighted by molar-refractivity contribution is 5.90. The molecule has 1 aromatic heterocycles. The zero-order valence-electron chi connectivity index (χ0n) is 17.0. The first-order chi connectivity index (χ1) is 15.4. The van der Waals surface area contributed by atoms with Crippen LogP contribution in [0.2, 0.25) is 0 Å². The summed E-state index contributed by atoms with van der Waals surface area (Å²) < 4.78 is 39.3. The van der Waals surface area contributed by atoms with E-state index in [0.717, 1.165) is 18.2 Å². The molecule has 1 heterocycles. The monoisotopic (exact) mass is 438 g/mol. The lowest BCUT2D eigenvalue weighted by molar-refractivity contribution is 0.0438. The SMILES string of the molecule is COc1cc(OC)cc(-c2nc3ccccc3c(=O)n2OC(=O)c2c(F)cccc2F)c1. The number of hydrogen-bond donors (Lipinski definition) is 0. The molecule has 7 nitrogen and oxygen atoms in total. The van der Waals surface area contributed by atoms with E-state index in [4.69, 9.17) is 14.3 Å². The summed E-state index contributed by atoms with van der Waals surface area (Å²) in [5.74, 6) is -2.95. The average Bonchev–Trinajstić information content (AvgIpc) is 2.80. The summed E-state index contributed by atoms with van der Waals surface area (Å²) in [4.78, 5) is 35.4. The third kappa shape index (κ3) is 3.76. The summed E-state index contributed by atoms with van der Waals surface area (Å²) >= 11 is 0. The van der Waals surface area contributed by atoms with E-state index < -0.39 is 28.7 Å². The summed E-state index contributed by atoms with van der Waals surface area (Å²) in [6.45, 7) is 0. The van der Waals surface area contributed by atoms with Crippen LogP contribution in [0.1, 0.15) is 10.4 Å². The van der Waals surface area contributed by atoms with Gasteiger partial charge in [0.15, 0.2) is 5.82 Å². The van der Waals surface area contributed by atoms with Gasteiger partial charge < -0.3 is 14.3 Å². The minimum atomic E-state index is -1.39. The van der Waals surface area contributed by atoms with Gasteiger partial charge in [0, 0.05) is 11.6 Å². The lowest BCUT2D eigenvalue weighted by atomic mass is 10.1. The van der Waals surface area contributed by atoms with E-state index in [-0.39, 0.29) is 11.2 Å². The molecule has 4 rings (SSSR count). The molecule has 0 saturated heterocycles. The number of para-hydroxylation sites is 1. The molecule has 4 aromatic rings. The Labute approximate surface area is 180 Å². The summed E-state index contributed by atoms with van der Waals surface area (Å²) in [6.07, 6.45) is 0. The quantitative estimate of drug-likeness (QED) is 0.474. The van der Waals surface area contributed by atoms with Crippen LogP contribution in [0.15, 0.2) is 65.5 Å². The molecule has 0 unspecified atom stereocenters. The molecular weight excluding hydrogens is 422 g/mol. The Morgan fingerprint density at radius 2 is 1.53 bits per heavy atom. The van der Waals surface area contributed by atoms with Gasteiger partial charge in [0.1, 0.15) is 28.7 Å². The zero-order chi connectivity index (χ0) is 22.8. The molecule has 32 heavy (non-hydrogen) atoms. The number of hydrogen-bond acceptors (Lipinski definition) is 6. The number of benzene rings is 3. The number of fused-ring (bicyclic) bond motifs is 1. The molecule has 9 heteroatoms. The Morgan fingerprint density at radius 3 is 2.16 bits per heavy atom. The number of aromatic nitrogens is 2. The molecule has 0 amide bonds. The van der Waals surface area contributed by atoms with Crippen LogP contribution in [0.25, 0.3) is 22.3 Å². The van der Waals surface area contributed by atoms with Crippen molar-refractivity contribution in [3.63, 3.8) is 0 Å². The van der Waals surface area contributed by atoms with Crippen LogP contribution < -0.4 is 19.9 Å². The maximum Gasteiger partial charge on any atom is 0.369 e. The van der Waals surface area contributed by atoms with Gasteiger partial charge in [0.05, 0.1) is 25.1 Å². The second kappa shape index (κ2) is 8.46. The highest BCUT2D eigenvalue weighted by atomic mass is 19.1. The van der Waals surface area contributed by atoms with Gasteiger partial charge in [-0.2, -0.15) is 0 Å². The van der Waals surface area contributed by atoms with Crippen LogP contribution in [-0.4, -0.2) is 29.9 Å². The lowest BCUT2D eigenvalue weighted by Gasteiger charge is -2.15. The molecule has 0 spiro atoms. The highest BCUT2D eigenvalue weighted by Crippen LogP contribution is 2.29. The van der Waals surface area contributed by atoms with Gasteiger partial charge in [0.25, 0.3) is 5.56 Å². The molecule has 0 aliphatic heterocycles. The predicted octanol–water partition coefficient (Wildman–Crippen LogP) is 3.63. The van der Waals surface area contributed by atoms with Crippen LogP contribution in [0.3, 0.4) is 0 Å². The fraction of sp³-hybridized carbons (Fsp3) is 0.0870. The van der Waals surface area contributed by atoms with Crippen molar-refractivity contribution in [2.45, 2.75) is 0 Å². The van der Waals surface area contributed by atoms with Crippen LogP contribution in [0, 0.1) is 11.6 Å². The maximum absolute atomic E-state index is 14.1. The minimum absolute atomic E-state index is 0.0870. The van der Waals surface area contributed by atoms with Gasteiger partial charge in [-0.1, -0.05) is 18.2 Å². The van der Waals surface area contributed by atoms with Crippen molar-refractivity contribution in [1.29, 1.82) is 0 Å². The Bertz CT molecular complexity index is 1360. The standard InChI is InChI=1S/C23H16F2N2O5/c1-30-14-10-13(11-15(12-14)31-2)21-26-19-9-4-3-6-16(19)22(28)27(21)32-23(29)20-17(24)7-5-8-18(20)25/h3-12H,1-2H3. The van der Waals surface area contributed by atoms with Gasteiger partial charge in [-0.3, -0.25) is 4.79 Å². The molecule has 3 aromatic carbocycles. The Hall–Kier alpha value is -4.27. The highest BCUT2D eigenvalue weighted by Gasteiger charge is 2.23. The summed E-state index contributed by atoms with van der Waals surface area (Å²) in [5.41, 5.74) is -1.02. The number of nitrogens with zero attached hydrogens (tertiary/aromatic N) is 2. The number of methoxy groups -OCH3 is 2. The van der Waals surface area contributed by atoms with Gasteiger partial charge in [0.2, 0.25) is 0 Å². The van der Waals surface area contributed by atoms with Crippen molar-refractivity contribution in [2.24, 2.45) is 0 Å². The van der Waals surface area contributed by atoms with E-state index in [0.29, 0.717) is 27.3 Å². The van der Waals surface area contributed by atoms with Gasteiger partial charge >= 0.3 is 5.97 Å². The van der Waals surface area contributed by atoms with Gasteiger partial charge in [-0.25, -0.2) is 18.6 Å². The maximum atomic E-state index is 14.1. The fourth-order valence-corrected chi connectivity index (χ4v) is 3.14. The fourth-order valence-electron chi connectivity index (χ4n) is 3.14. The third-order valence-corrected chi connectivity index (χ3v) is 4.69. The summed E-state index contributed by atoms with van der Waals surface area (Å²) in [7, 11) is 2.89. The van der Waals surface area contributed by atoms with E-state index in [1.165, 1.54) is 20.3 Å². The zero-order valence-corrected chi connectivity index (χ0v) is 17.0. The summed E-state index contributed by atoms with van der Waals surface area (Å²) in [5, 5.41) is 0.146. The number of carbonyl (C=O) groups is 1. The number of ether oxygens (including phenoxy) is 2. The first kappa shape index (κ1) is 21.0. The van der Waals surface area contributed by atoms with Crippen molar-refractivity contribution in [3.8, 4) is 22.9 Å². The largest absolute Gasteiger partial charge is 0.497 e. The molecule has 0 atom stereocenters. The molecule has 0 radical (unpaired) electrons. The second-order valence-corrected chi connectivity index (χ2v) is 6.63. The van der Waals surface area contributed by atoms with Crippen LogP contribution in [0.4, 0.5) is 8.78 Å². The average molecular weight is 438 g/mol. The van der Waals surface area contributed by atoms with Gasteiger partial charge in [-0.15, -0.1) is 4.73 Å². The second-order valence-electron chi connectivity index (χ2n) is 6.63. The number of halogens is 2. The van der Waals surface area contributed by atoms with Crippen molar-refractivity contribution in [2.75, 3.05) is 14.2 Å². The number of carbonyl (C=O) groups excluding carboxylic acids is 1. The molecule has 0 aliphatic rings. The third-order valence-electron chi connectivity index (χ3n) is 4.69. The first-order valence-electron chi connectivity index (χ1n) is 9.35. The molecule has 0 bridgehead atoms. The van der Waals surface area contributed by atoms with Crippen LogP contribution in [-0.2, 0) is 0 Å². The molecule has 0 N–H and O–H groups in total. The molecule has 162 valence electrons. The van der Waals surface area contributed by atoms with E-state index >= 15 is 0 Å². The smallest absolute Gasteiger partial charge is 0.369 e. The van der Waals surface area contributed by atoms with Crippen molar-refractivity contribution in [1.82, 2.24) is 9.71 Å². The van der Waals surface area contributed by atoms with Crippen molar-refractivity contribution >= 4 is 16.9 Å². The minimum Gasteiger partial charge on any atom is -0.497 e. The van der Waals surface area contributed by atoms with Crippen LogP contribution >= 0.6 is 0 Å². The van der Waals surface area contributed by atoms with Gasteiger partial charge in [-0.05, 0) is 36.4 Å². The van der Waals surface area contributed by atoms with Crippen molar-refractivity contribution < 1.29 is 27.9 Å². The van der Waals surface area contributed by atoms with E-state index in [9.17, 15) is 18.4 Å². The normalized spacial score (nSPS) is 10.8. The topological polar surface area (TPSA) is 79.7 Å².